The average molecular weight is 308 g/mol. The summed E-state index contributed by atoms with van der Waals surface area (Å²) in [6.07, 6.45) is 1.38. The van der Waals surface area contributed by atoms with Gasteiger partial charge in [0.25, 0.3) is 11.6 Å². The number of nitro benzene ring substituents is 1. The summed E-state index contributed by atoms with van der Waals surface area (Å²) < 4.78 is 0. The summed E-state index contributed by atoms with van der Waals surface area (Å²) in [5.41, 5.74) is 2.25. The molecule has 3 aromatic rings. The Bertz CT molecular complexity index is 924. The molecule has 0 unspecified atom stereocenters. The number of fused-ring (bicyclic) bond motifs is 1. The molecule has 0 aliphatic carbocycles. The fraction of sp³-hybridized carbons (Fsp3) is 0.0625. The molecule has 0 saturated heterocycles. The predicted octanol–water partition coefficient (Wildman–Crippen LogP) is 3.10. The minimum Gasteiger partial charge on any atom is -0.320 e. The van der Waals surface area contributed by atoms with E-state index in [1.807, 2.05) is 12.1 Å². The summed E-state index contributed by atoms with van der Waals surface area (Å²) in [6.45, 7) is 1.64. The van der Waals surface area contributed by atoms with E-state index in [4.69, 9.17) is 0 Å². The molecule has 1 aromatic heterocycles. The van der Waals surface area contributed by atoms with E-state index in [-0.39, 0.29) is 11.4 Å². The Labute approximate surface area is 131 Å². The molecule has 7 heteroatoms. The molecule has 1 N–H and O–H groups in total. The van der Waals surface area contributed by atoms with E-state index < -0.39 is 10.8 Å². The Balaban J connectivity index is 1.88. The van der Waals surface area contributed by atoms with Crippen LogP contribution >= 0.6 is 0 Å². The van der Waals surface area contributed by atoms with E-state index in [1.54, 1.807) is 31.2 Å². The molecule has 1 heterocycles. The van der Waals surface area contributed by atoms with Crippen molar-refractivity contribution in [2.75, 3.05) is 5.32 Å². The highest BCUT2D eigenvalue weighted by atomic mass is 16.6. The number of anilines is 1. The van der Waals surface area contributed by atoms with Crippen molar-refractivity contribution >= 4 is 28.3 Å². The number of nitrogens with one attached hydrogen (secondary N) is 1. The first-order valence-electron chi connectivity index (χ1n) is 6.83. The largest absolute Gasteiger partial charge is 0.320 e. The number of carbonyl (C=O) groups is 1. The first kappa shape index (κ1) is 14.6. The van der Waals surface area contributed by atoms with Gasteiger partial charge in [0.2, 0.25) is 0 Å². The third kappa shape index (κ3) is 2.98. The van der Waals surface area contributed by atoms with E-state index in [9.17, 15) is 14.9 Å². The molecule has 1 amide bonds. The Hall–Kier alpha value is -3.35. The van der Waals surface area contributed by atoms with Gasteiger partial charge in [-0.3, -0.25) is 19.9 Å². The lowest BCUT2D eigenvalue weighted by molar-refractivity contribution is -0.385. The van der Waals surface area contributed by atoms with Crippen LogP contribution in [-0.4, -0.2) is 20.8 Å². The van der Waals surface area contributed by atoms with Gasteiger partial charge < -0.3 is 5.32 Å². The number of hydrogen-bond donors (Lipinski definition) is 1. The Morgan fingerprint density at radius 2 is 1.91 bits per heavy atom. The fourth-order valence-electron chi connectivity index (χ4n) is 2.15. The van der Waals surface area contributed by atoms with E-state index in [0.29, 0.717) is 22.3 Å². The quantitative estimate of drug-likeness (QED) is 0.592. The van der Waals surface area contributed by atoms with Gasteiger partial charge in [-0.2, -0.15) is 0 Å². The average Bonchev–Trinajstić information content (AvgIpc) is 2.55. The van der Waals surface area contributed by atoms with E-state index in [0.717, 1.165) is 0 Å². The second-order valence-electron chi connectivity index (χ2n) is 4.96. The van der Waals surface area contributed by atoms with Crippen LogP contribution in [0.5, 0.6) is 0 Å². The van der Waals surface area contributed by atoms with Crippen molar-refractivity contribution in [1.82, 2.24) is 9.97 Å². The molecule has 2 aromatic carbocycles. The van der Waals surface area contributed by atoms with Crippen LogP contribution in [-0.2, 0) is 0 Å². The van der Waals surface area contributed by atoms with Crippen molar-refractivity contribution in [2.45, 2.75) is 6.92 Å². The SMILES string of the molecule is Cc1ccc(NC(=O)c2cnc3ccccc3n2)cc1[N+](=O)[O-]. The van der Waals surface area contributed by atoms with Crippen molar-refractivity contribution in [3.05, 3.63) is 70.0 Å². The smallest absolute Gasteiger partial charge is 0.275 e. The molecule has 3 rings (SSSR count). The third-order valence-corrected chi connectivity index (χ3v) is 3.34. The maximum absolute atomic E-state index is 12.2. The van der Waals surface area contributed by atoms with Gasteiger partial charge in [0.05, 0.1) is 22.2 Å². The summed E-state index contributed by atoms with van der Waals surface area (Å²) in [5, 5.41) is 13.5. The molecule has 23 heavy (non-hydrogen) atoms. The molecule has 7 nitrogen and oxygen atoms in total. The molecule has 0 aliphatic heterocycles. The highest BCUT2D eigenvalue weighted by molar-refractivity contribution is 6.03. The molecule has 0 bridgehead atoms. The minimum absolute atomic E-state index is 0.0487. The number of amides is 1. The molecule has 0 radical (unpaired) electrons. The number of benzene rings is 2. The standard InChI is InChI=1S/C16H12N4O3/c1-10-6-7-11(8-15(10)20(22)23)18-16(21)14-9-17-12-4-2-3-5-13(12)19-14/h2-9H,1H3,(H,18,21). The topological polar surface area (TPSA) is 98.0 Å². The van der Waals surface area contributed by atoms with Gasteiger partial charge in [0.15, 0.2) is 0 Å². The molecular formula is C16H12N4O3. The number of nitrogens with zero attached hydrogens (tertiary/aromatic N) is 3. The number of nitro groups is 1. The first-order chi connectivity index (χ1) is 11.0. The molecule has 0 saturated carbocycles. The van der Waals surface area contributed by atoms with Gasteiger partial charge in [0.1, 0.15) is 5.69 Å². The Morgan fingerprint density at radius 3 is 2.65 bits per heavy atom. The van der Waals surface area contributed by atoms with Gasteiger partial charge in [0, 0.05) is 17.3 Å². The second-order valence-corrected chi connectivity index (χ2v) is 4.96. The van der Waals surface area contributed by atoms with Crippen LogP contribution in [0.1, 0.15) is 16.1 Å². The van der Waals surface area contributed by atoms with Gasteiger partial charge in [-0.1, -0.05) is 18.2 Å². The van der Waals surface area contributed by atoms with Crippen LogP contribution in [0.3, 0.4) is 0 Å². The van der Waals surface area contributed by atoms with Crippen LogP contribution in [0.25, 0.3) is 11.0 Å². The zero-order valence-corrected chi connectivity index (χ0v) is 12.2. The van der Waals surface area contributed by atoms with Crippen molar-refractivity contribution in [1.29, 1.82) is 0 Å². The third-order valence-electron chi connectivity index (χ3n) is 3.34. The minimum atomic E-state index is -0.485. The van der Waals surface area contributed by atoms with Crippen molar-refractivity contribution < 1.29 is 9.72 Å². The van der Waals surface area contributed by atoms with Crippen LogP contribution in [0.4, 0.5) is 11.4 Å². The monoisotopic (exact) mass is 308 g/mol. The van der Waals surface area contributed by atoms with E-state index in [2.05, 4.69) is 15.3 Å². The molecule has 0 aliphatic rings. The van der Waals surface area contributed by atoms with Crippen LogP contribution in [0.15, 0.2) is 48.7 Å². The zero-order valence-electron chi connectivity index (χ0n) is 12.2. The predicted molar refractivity (Wildman–Crippen MR) is 85.3 cm³/mol. The molecule has 0 atom stereocenters. The maximum atomic E-state index is 12.2. The van der Waals surface area contributed by atoms with Gasteiger partial charge in [-0.05, 0) is 25.1 Å². The van der Waals surface area contributed by atoms with Crippen LogP contribution in [0, 0.1) is 17.0 Å². The van der Waals surface area contributed by atoms with E-state index in [1.165, 1.54) is 12.3 Å². The summed E-state index contributed by atoms with van der Waals surface area (Å²) >= 11 is 0. The molecule has 0 spiro atoms. The van der Waals surface area contributed by atoms with Crippen LogP contribution in [0.2, 0.25) is 0 Å². The summed E-state index contributed by atoms with van der Waals surface area (Å²) in [5.74, 6) is -0.471. The molecule has 0 fully saturated rings. The molecular weight excluding hydrogens is 296 g/mol. The highest BCUT2D eigenvalue weighted by Gasteiger charge is 2.14. The zero-order chi connectivity index (χ0) is 16.4. The summed E-state index contributed by atoms with van der Waals surface area (Å²) in [7, 11) is 0. The normalized spacial score (nSPS) is 10.5. The van der Waals surface area contributed by atoms with Crippen LogP contribution < -0.4 is 5.32 Å². The van der Waals surface area contributed by atoms with E-state index >= 15 is 0 Å². The van der Waals surface area contributed by atoms with Gasteiger partial charge in [-0.25, -0.2) is 4.98 Å². The van der Waals surface area contributed by atoms with Crippen molar-refractivity contribution in [3.63, 3.8) is 0 Å². The van der Waals surface area contributed by atoms with Gasteiger partial charge >= 0.3 is 0 Å². The Morgan fingerprint density at radius 1 is 1.17 bits per heavy atom. The summed E-state index contributed by atoms with van der Waals surface area (Å²) in [6, 6.07) is 11.7. The lowest BCUT2D eigenvalue weighted by atomic mass is 10.2. The summed E-state index contributed by atoms with van der Waals surface area (Å²) in [4.78, 5) is 31.1. The number of hydrogen-bond acceptors (Lipinski definition) is 5. The number of para-hydroxylation sites is 2. The highest BCUT2D eigenvalue weighted by Crippen LogP contribution is 2.22. The van der Waals surface area contributed by atoms with Crippen molar-refractivity contribution in [2.24, 2.45) is 0 Å². The number of rotatable bonds is 3. The second kappa shape index (κ2) is 5.80. The first-order valence-corrected chi connectivity index (χ1v) is 6.83. The number of aromatic nitrogens is 2. The maximum Gasteiger partial charge on any atom is 0.275 e. The van der Waals surface area contributed by atoms with Gasteiger partial charge in [-0.15, -0.1) is 0 Å². The molecule has 114 valence electrons. The van der Waals surface area contributed by atoms with Crippen molar-refractivity contribution in [3.8, 4) is 0 Å². The lowest BCUT2D eigenvalue weighted by Crippen LogP contribution is -2.14. The Kier molecular flexibility index (Phi) is 3.68. The number of aryl methyl sites for hydroxylation is 1. The lowest BCUT2D eigenvalue weighted by Gasteiger charge is -2.06. The fourth-order valence-corrected chi connectivity index (χ4v) is 2.15. The number of carbonyl (C=O) groups excluding carboxylic acids is 1.